The van der Waals surface area contributed by atoms with Gasteiger partial charge >= 0.3 is 0 Å². The second-order valence-electron chi connectivity index (χ2n) is 12.2. The van der Waals surface area contributed by atoms with Gasteiger partial charge in [0.25, 0.3) is 0 Å². The molecule has 8 rings (SSSR count). The lowest BCUT2D eigenvalue weighted by atomic mass is 10.00. The summed E-state index contributed by atoms with van der Waals surface area (Å²) in [4.78, 5) is 0. The van der Waals surface area contributed by atoms with Gasteiger partial charge in [0, 0.05) is 46.0 Å². The van der Waals surface area contributed by atoms with E-state index in [0.29, 0.717) is 0 Å². The van der Waals surface area contributed by atoms with Crippen molar-refractivity contribution in [3.63, 3.8) is 0 Å². The van der Waals surface area contributed by atoms with Crippen LogP contribution in [0, 0.1) is 6.92 Å². The molecule has 0 aliphatic heterocycles. The standard InChI is InChI=1S/C45H35N3/c1-3-4-14-40-31(2)15-22-41-42-28-35(19-24-44(42)48(45(40)41)30-38-13-9-8-12-37(38)29-46)34-18-23-43-36(27-34)25-26-47(43)39-20-16-33(17-21-39)32-10-6-5-7-11-32/h3-30H,1,46H2,2H3/b14-4-,37-29-,38-30-. The summed E-state index contributed by atoms with van der Waals surface area (Å²) in [7, 11) is 0. The van der Waals surface area contributed by atoms with Crippen molar-refractivity contribution >= 4 is 51.2 Å². The molecule has 2 N–H and O–H groups in total. The van der Waals surface area contributed by atoms with Gasteiger partial charge in [0.1, 0.15) is 0 Å². The van der Waals surface area contributed by atoms with Gasteiger partial charge in [-0.15, -0.1) is 0 Å². The van der Waals surface area contributed by atoms with Crippen molar-refractivity contribution in [3.8, 4) is 27.9 Å². The quantitative estimate of drug-likeness (QED) is 0.185. The molecule has 0 saturated carbocycles. The summed E-state index contributed by atoms with van der Waals surface area (Å²) in [6.07, 6.45) is 12.0. The molecule has 48 heavy (non-hydrogen) atoms. The molecule has 3 nitrogen and oxygen atoms in total. The second kappa shape index (κ2) is 12.1. The molecule has 230 valence electrons. The SMILES string of the molecule is C=C/C=C\c1c(C)ccc2c3cc(-c4ccc5c(ccn5-c5ccc(-c6ccccc6)cc5)c4)ccc3n(/C=c3/cccc/c3=C/N)c12. The van der Waals surface area contributed by atoms with Crippen molar-refractivity contribution in [2.45, 2.75) is 6.92 Å². The van der Waals surface area contributed by atoms with E-state index >= 15 is 0 Å². The van der Waals surface area contributed by atoms with Gasteiger partial charge in [-0.05, 0) is 87.6 Å². The van der Waals surface area contributed by atoms with E-state index < -0.39 is 0 Å². The molecule has 0 spiro atoms. The van der Waals surface area contributed by atoms with Crippen LogP contribution in [0.15, 0.2) is 158 Å². The fraction of sp³-hybridized carbons (Fsp3) is 0.0222. The van der Waals surface area contributed by atoms with E-state index in [2.05, 4.69) is 162 Å². The maximum Gasteiger partial charge on any atom is 0.0610 e. The number of hydrogen-bond acceptors (Lipinski definition) is 1. The van der Waals surface area contributed by atoms with Crippen molar-refractivity contribution in [3.05, 3.63) is 180 Å². The first-order valence-corrected chi connectivity index (χ1v) is 16.3. The van der Waals surface area contributed by atoms with Crippen LogP contribution in [0.25, 0.3) is 79.1 Å². The highest BCUT2D eigenvalue weighted by Gasteiger charge is 2.15. The smallest absolute Gasteiger partial charge is 0.0610 e. The number of nitrogens with zero attached hydrogens (tertiary/aromatic N) is 2. The molecule has 0 radical (unpaired) electrons. The minimum atomic E-state index is 0.993. The summed E-state index contributed by atoms with van der Waals surface area (Å²) >= 11 is 0. The summed E-state index contributed by atoms with van der Waals surface area (Å²) in [6.45, 7) is 6.08. The lowest BCUT2D eigenvalue weighted by Gasteiger charge is -2.09. The molecule has 2 heterocycles. The fourth-order valence-corrected chi connectivity index (χ4v) is 6.87. The van der Waals surface area contributed by atoms with E-state index in [-0.39, 0.29) is 0 Å². The molecule has 6 aromatic carbocycles. The molecule has 0 fully saturated rings. The Bertz CT molecular complexity index is 2630. The zero-order valence-corrected chi connectivity index (χ0v) is 26.8. The molecule has 8 aromatic rings. The van der Waals surface area contributed by atoms with Gasteiger partial charge in [0.15, 0.2) is 0 Å². The van der Waals surface area contributed by atoms with Gasteiger partial charge in [0.2, 0.25) is 0 Å². The average Bonchev–Trinajstić information content (AvgIpc) is 3.70. The lowest BCUT2D eigenvalue weighted by molar-refractivity contribution is 1.13. The zero-order chi connectivity index (χ0) is 32.6. The number of allylic oxidation sites excluding steroid dienone is 2. The first kappa shape index (κ1) is 29.1. The van der Waals surface area contributed by atoms with E-state index in [9.17, 15) is 0 Å². The van der Waals surface area contributed by atoms with Crippen LogP contribution in [0.2, 0.25) is 0 Å². The Balaban J connectivity index is 1.25. The fourth-order valence-electron chi connectivity index (χ4n) is 6.87. The van der Waals surface area contributed by atoms with Crippen molar-refractivity contribution in [1.82, 2.24) is 9.13 Å². The maximum absolute atomic E-state index is 6.03. The van der Waals surface area contributed by atoms with Crippen LogP contribution >= 0.6 is 0 Å². The highest BCUT2D eigenvalue weighted by atomic mass is 15.0. The largest absolute Gasteiger partial charge is 0.404 e. The molecule has 0 bridgehead atoms. The summed E-state index contributed by atoms with van der Waals surface area (Å²) < 4.78 is 4.58. The zero-order valence-electron chi connectivity index (χ0n) is 26.8. The first-order chi connectivity index (χ1) is 23.6. The Morgan fingerprint density at radius 3 is 2.08 bits per heavy atom. The van der Waals surface area contributed by atoms with Crippen LogP contribution in [-0.2, 0) is 0 Å². The molecule has 0 unspecified atom stereocenters. The minimum absolute atomic E-state index is 0.993. The molecule has 3 heteroatoms. The van der Waals surface area contributed by atoms with E-state index in [4.69, 9.17) is 5.73 Å². The Hall–Kier alpha value is -6.32. The number of aromatic nitrogens is 2. The summed E-state index contributed by atoms with van der Waals surface area (Å²) in [5.74, 6) is 0. The summed E-state index contributed by atoms with van der Waals surface area (Å²) in [6, 6.07) is 47.8. The predicted octanol–water partition coefficient (Wildman–Crippen LogP) is 9.56. The van der Waals surface area contributed by atoms with Crippen molar-refractivity contribution in [1.29, 1.82) is 0 Å². The molecule has 0 atom stereocenters. The summed E-state index contributed by atoms with van der Waals surface area (Å²) in [5, 5.41) is 5.67. The molecule has 0 aliphatic carbocycles. The Morgan fingerprint density at radius 2 is 1.31 bits per heavy atom. The Kier molecular flexibility index (Phi) is 7.35. The topological polar surface area (TPSA) is 35.9 Å². The monoisotopic (exact) mass is 617 g/mol. The van der Waals surface area contributed by atoms with Crippen LogP contribution in [0.5, 0.6) is 0 Å². The van der Waals surface area contributed by atoms with Gasteiger partial charge in [-0.3, -0.25) is 0 Å². The van der Waals surface area contributed by atoms with Crippen LogP contribution in [0.3, 0.4) is 0 Å². The van der Waals surface area contributed by atoms with E-state index in [0.717, 1.165) is 27.2 Å². The second-order valence-corrected chi connectivity index (χ2v) is 12.2. The van der Waals surface area contributed by atoms with Crippen molar-refractivity contribution in [2.24, 2.45) is 5.73 Å². The Labute approximate surface area is 280 Å². The first-order valence-electron chi connectivity index (χ1n) is 16.3. The summed E-state index contributed by atoms with van der Waals surface area (Å²) in [5.41, 5.74) is 17.9. The predicted molar refractivity (Wildman–Crippen MR) is 205 cm³/mol. The van der Waals surface area contributed by atoms with Crippen LogP contribution < -0.4 is 16.2 Å². The molecular weight excluding hydrogens is 583 g/mol. The highest BCUT2D eigenvalue weighted by Crippen LogP contribution is 2.37. The normalized spacial score (nSPS) is 12.6. The van der Waals surface area contributed by atoms with Gasteiger partial charge in [-0.2, -0.15) is 0 Å². The van der Waals surface area contributed by atoms with Crippen LogP contribution in [0.4, 0.5) is 0 Å². The van der Waals surface area contributed by atoms with E-state index in [1.54, 1.807) is 6.20 Å². The minimum Gasteiger partial charge on any atom is -0.404 e. The molecule has 0 amide bonds. The van der Waals surface area contributed by atoms with Crippen molar-refractivity contribution in [2.75, 3.05) is 0 Å². The number of rotatable bonds is 6. The molecule has 0 aliphatic rings. The number of benzene rings is 6. The van der Waals surface area contributed by atoms with E-state index in [1.807, 2.05) is 24.3 Å². The molecule has 2 aromatic heterocycles. The average molecular weight is 618 g/mol. The van der Waals surface area contributed by atoms with Crippen LogP contribution in [0.1, 0.15) is 11.1 Å². The third-order valence-corrected chi connectivity index (χ3v) is 9.34. The number of hydrogen-bond donors (Lipinski definition) is 1. The van der Waals surface area contributed by atoms with Gasteiger partial charge < -0.3 is 14.9 Å². The molecular formula is C45H35N3. The van der Waals surface area contributed by atoms with Gasteiger partial charge in [-0.25, -0.2) is 0 Å². The van der Waals surface area contributed by atoms with Gasteiger partial charge in [0.05, 0.1) is 16.6 Å². The number of aryl methyl sites for hydroxylation is 1. The third kappa shape index (κ3) is 5.03. The van der Waals surface area contributed by atoms with E-state index in [1.165, 1.54) is 55.1 Å². The highest BCUT2D eigenvalue weighted by molar-refractivity contribution is 6.13. The maximum atomic E-state index is 6.03. The number of nitrogens with two attached hydrogens (primary N) is 1. The lowest BCUT2D eigenvalue weighted by Crippen LogP contribution is -2.26. The van der Waals surface area contributed by atoms with Crippen molar-refractivity contribution < 1.29 is 0 Å². The van der Waals surface area contributed by atoms with Crippen LogP contribution in [-0.4, -0.2) is 9.13 Å². The third-order valence-electron chi connectivity index (χ3n) is 9.34. The van der Waals surface area contributed by atoms with Gasteiger partial charge in [-0.1, -0.05) is 116 Å². The number of fused-ring (bicyclic) bond motifs is 4. The molecule has 0 saturated heterocycles. The Morgan fingerprint density at radius 1 is 0.625 bits per heavy atom.